The summed E-state index contributed by atoms with van der Waals surface area (Å²) in [7, 11) is 1.54. The summed E-state index contributed by atoms with van der Waals surface area (Å²) in [6, 6.07) is 4.61. The van der Waals surface area contributed by atoms with Gasteiger partial charge in [-0.25, -0.2) is 9.59 Å². The van der Waals surface area contributed by atoms with E-state index in [0.29, 0.717) is 29.6 Å². The van der Waals surface area contributed by atoms with Gasteiger partial charge in [0.15, 0.2) is 17.6 Å². The van der Waals surface area contributed by atoms with Gasteiger partial charge in [0, 0.05) is 11.6 Å². The second-order valence-corrected chi connectivity index (χ2v) is 8.22. The number of ether oxygens (including phenoxy) is 3. The van der Waals surface area contributed by atoms with E-state index in [2.05, 4.69) is 10.6 Å². The van der Waals surface area contributed by atoms with E-state index in [-0.39, 0.29) is 0 Å². The minimum atomic E-state index is -1.13. The second kappa shape index (κ2) is 11.2. The van der Waals surface area contributed by atoms with Crippen molar-refractivity contribution in [3.63, 3.8) is 0 Å². The standard InChI is InChI=1S/C22H32N2O6/c1-14(2)13-29-17-10-8-16(12-18(17)28-7)9-11-19(25)30-15(3)20(26)23-21(27)24-22(4,5)6/h8-12,14-15H,13H2,1-7H3,(H2,23,24,26,27)/b11-9+/t15-/m0/s1. The number of nitrogens with one attached hydrogen (secondary N) is 2. The van der Waals surface area contributed by atoms with E-state index in [4.69, 9.17) is 14.2 Å². The Morgan fingerprint density at radius 1 is 1.10 bits per heavy atom. The molecule has 1 aromatic carbocycles. The molecule has 1 rings (SSSR count). The van der Waals surface area contributed by atoms with E-state index < -0.39 is 29.6 Å². The molecule has 0 radical (unpaired) electrons. The van der Waals surface area contributed by atoms with Crippen LogP contribution in [0.1, 0.15) is 47.1 Å². The zero-order chi connectivity index (χ0) is 22.9. The van der Waals surface area contributed by atoms with Gasteiger partial charge in [0.2, 0.25) is 0 Å². The van der Waals surface area contributed by atoms with E-state index in [0.717, 1.165) is 0 Å². The summed E-state index contributed by atoms with van der Waals surface area (Å²) >= 11 is 0. The maximum atomic E-state index is 12.0. The molecule has 0 aromatic heterocycles. The molecule has 30 heavy (non-hydrogen) atoms. The maximum absolute atomic E-state index is 12.0. The Hall–Kier alpha value is -3.03. The maximum Gasteiger partial charge on any atom is 0.331 e. The van der Waals surface area contributed by atoms with Crippen LogP contribution in [0.2, 0.25) is 0 Å². The molecule has 0 bridgehead atoms. The van der Waals surface area contributed by atoms with Gasteiger partial charge in [-0.15, -0.1) is 0 Å². The molecule has 2 N–H and O–H groups in total. The van der Waals surface area contributed by atoms with Gasteiger partial charge in [0.1, 0.15) is 0 Å². The van der Waals surface area contributed by atoms with E-state index >= 15 is 0 Å². The summed E-state index contributed by atoms with van der Waals surface area (Å²) in [5, 5.41) is 4.72. The Balaban J connectivity index is 2.65. The molecule has 3 amide bonds. The number of carbonyl (C=O) groups is 3. The molecule has 0 heterocycles. The Morgan fingerprint density at radius 2 is 1.77 bits per heavy atom. The molecule has 0 fully saturated rings. The van der Waals surface area contributed by atoms with Crippen LogP contribution in [0.4, 0.5) is 4.79 Å². The molecule has 166 valence electrons. The smallest absolute Gasteiger partial charge is 0.331 e. The fourth-order valence-corrected chi connectivity index (χ4v) is 2.18. The summed E-state index contributed by atoms with van der Waals surface area (Å²) in [6.07, 6.45) is 1.60. The number of esters is 1. The van der Waals surface area contributed by atoms with E-state index in [9.17, 15) is 14.4 Å². The lowest BCUT2D eigenvalue weighted by molar-refractivity contribution is -0.149. The molecular formula is C22H32N2O6. The molecular weight excluding hydrogens is 388 g/mol. The van der Waals surface area contributed by atoms with Gasteiger partial charge in [-0.2, -0.15) is 0 Å². The largest absolute Gasteiger partial charge is 0.493 e. The van der Waals surface area contributed by atoms with Crippen LogP contribution in [-0.2, 0) is 14.3 Å². The zero-order valence-electron chi connectivity index (χ0n) is 18.7. The number of carbonyl (C=O) groups excluding carboxylic acids is 3. The van der Waals surface area contributed by atoms with Crippen LogP contribution in [-0.4, -0.2) is 43.3 Å². The SMILES string of the molecule is COc1cc(/C=C/C(=O)O[C@@H](C)C(=O)NC(=O)NC(C)(C)C)ccc1OCC(C)C. The lowest BCUT2D eigenvalue weighted by Crippen LogP contribution is -2.50. The lowest BCUT2D eigenvalue weighted by atomic mass is 10.1. The first-order chi connectivity index (χ1) is 13.9. The number of amides is 3. The van der Waals surface area contributed by atoms with Gasteiger partial charge in [0.25, 0.3) is 5.91 Å². The van der Waals surface area contributed by atoms with Gasteiger partial charge in [-0.1, -0.05) is 19.9 Å². The van der Waals surface area contributed by atoms with Crippen molar-refractivity contribution < 1.29 is 28.6 Å². The first kappa shape index (κ1) is 25.0. The highest BCUT2D eigenvalue weighted by Crippen LogP contribution is 2.29. The number of hydrogen-bond donors (Lipinski definition) is 2. The zero-order valence-corrected chi connectivity index (χ0v) is 18.7. The summed E-state index contributed by atoms with van der Waals surface area (Å²) in [5.74, 6) is 0.108. The minimum Gasteiger partial charge on any atom is -0.493 e. The van der Waals surface area contributed by atoms with Crippen molar-refractivity contribution in [2.45, 2.75) is 53.2 Å². The van der Waals surface area contributed by atoms with Crippen molar-refractivity contribution in [3.8, 4) is 11.5 Å². The number of rotatable bonds is 8. The van der Waals surface area contributed by atoms with Crippen molar-refractivity contribution in [2.75, 3.05) is 13.7 Å². The molecule has 0 unspecified atom stereocenters. The number of urea groups is 1. The molecule has 0 aliphatic heterocycles. The first-order valence-electron chi connectivity index (χ1n) is 9.74. The third-order valence-corrected chi connectivity index (χ3v) is 3.56. The number of hydrogen-bond acceptors (Lipinski definition) is 6. The molecule has 8 nitrogen and oxygen atoms in total. The molecule has 0 aliphatic rings. The van der Waals surface area contributed by atoms with Gasteiger partial charge in [-0.05, 0) is 57.4 Å². The molecule has 0 saturated carbocycles. The Labute approximate surface area is 178 Å². The molecule has 8 heteroatoms. The predicted octanol–water partition coefficient (Wildman–Crippen LogP) is 3.30. The van der Waals surface area contributed by atoms with Crippen molar-refractivity contribution in [2.24, 2.45) is 5.92 Å². The van der Waals surface area contributed by atoms with Crippen molar-refractivity contribution in [1.82, 2.24) is 10.6 Å². The Morgan fingerprint density at radius 3 is 2.33 bits per heavy atom. The van der Waals surface area contributed by atoms with Crippen LogP contribution in [0.3, 0.4) is 0 Å². The van der Waals surface area contributed by atoms with Crippen LogP contribution in [0, 0.1) is 5.92 Å². The average Bonchev–Trinajstić information content (AvgIpc) is 2.63. The van der Waals surface area contributed by atoms with Crippen LogP contribution in [0.5, 0.6) is 11.5 Å². The van der Waals surface area contributed by atoms with E-state index in [1.807, 2.05) is 13.8 Å². The fraction of sp³-hybridized carbons (Fsp3) is 0.500. The topological polar surface area (TPSA) is 103 Å². The monoisotopic (exact) mass is 420 g/mol. The van der Waals surface area contributed by atoms with Crippen LogP contribution in [0.25, 0.3) is 6.08 Å². The van der Waals surface area contributed by atoms with Crippen LogP contribution < -0.4 is 20.1 Å². The second-order valence-electron chi connectivity index (χ2n) is 8.22. The highest BCUT2D eigenvalue weighted by atomic mass is 16.5. The van der Waals surface area contributed by atoms with Crippen molar-refractivity contribution in [1.29, 1.82) is 0 Å². The molecule has 0 aliphatic carbocycles. The molecule has 0 spiro atoms. The molecule has 1 aromatic rings. The first-order valence-corrected chi connectivity index (χ1v) is 9.74. The van der Waals surface area contributed by atoms with E-state index in [1.54, 1.807) is 39.0 Å². The minimum absolute atomic E-state index is 0.378. The van der Waals surface area contributed by atoms with Gasteiger partial charge >= 0.3 is 12.0 Å². The highest BCUT2D eigenvalue weighted by Gasteiger charge is 2.21. The third-order valence-electron chi connectivity index (χ3n) is 3.56. The predicted molar refractivity (Wildman–Crippen MR) is 114 cm³/mol. The third kappa shape index (κ3) is 9.45. The highest BCUT2D eigenvalue weighted by molar-refractivity contribution is 5.98. The Bertz CT molecular complexity index is 780. The summed E-state index contributed by atoms with van der Waals surface area (Å²) in [6.45, 7) is 11.4. The van der Waals surface area contributed by atoms with Gasteiger partial charge in [-0.3, -0.25) is 10.1 Å². The number of benzene rings is 1. The summed E-state index contributed by atoms with van der Waals surface area (Å²) in [4.78, 5) is 35.7. The summed E-state index contributed by atoms with van der Waals surface area (Å²) < 4.78 is 16.1. The fourth-order valence-electron chi connectivity index (χ4n) is 2.18. The summed E-state index contributed by atoms with van der Waals surface area (Å²) in [5.41, 5.74) is 0.200. The number of methoxy groups -OCH3 is 1. The lowest BCUT2D eigenvalue weighted by Gasteiger charge is -2.21. The van der Waals surface area contributed by atoms with Crippen LogP contribution >= 0.6 is 0 Å². The van der Waals surface area contributed by atoms with Crippen molar-refractivity contribution in [3.05, 3.63) is 29.8 Å². The normalized spacial score (nSPS) is 12.4. The quantitative estimate of drug-likeness (QED) is 0.494. The van der Waals surface area contributed by atoms with Gasteiger partial charge < -0.3 is 19.5 Å². The average molecular weight is 421 g/mol. The van der Waals surface area contributed by atoms with Crippen LogP contribution in [0.15, 0.2) is 24.3 Å². The van der Waals surface area contributed by atoms with Crippen molar-refractivity contribution >= 4 is 24.0 Å². The number of imide groups is 1. The Kier molecular flexibility index (Phi) is 9.36. The molecule has 0 saturated heterocycles. The van der Waals surface area contributed by atoms with Gasteiger partial charge in [0.05, 0.1) is 13.7 Å². The molecule has 1 atom stereocenters. The van der Waals surface area contributed by atoms with E-state index in [1.165, 1.54) is 26.2 Å².